The van der Waals surface area contributed by atoms with Crippen LogP contribution in [0.5, 0.6) is 5.75 Å². The highest BCUT2D eigenvalue weighted by atomic mass is 35.5. The lowest BCUT2D eigenvalue weighted by atomic mass is 9.67. The number of allylic oxidation sites excluding steroid dienone is 1. The van der Waals surface area contributed by atoms with Crippen LogP contribution in [0.4, 0.5) is 11.4 Å². The average molecular weight is 414 g/mol. The Bertz CT molecular complexity index is 841. The van der Waals surface area contributed by atoms with Crippen molar-refractivity contribution < 1.29 is 10.1 Å². The van der Waals surface area contributed by atoms with E-state index in [1.165, 1.54) is 43.4 Å². The maximum absolute atomic E-state index is 6.41. The van der Waals surface area contributed by atoms with Crippen LogP contribution in [-0.2, 0) is 5.41 Å². The smallest absolute Gasteiger partial charge is 0.133 e. The van der Waals surface area contributed by atoms with E-state index in [-0.39, 0.29) is 5.41 Å². The second kappa shape index (κ2) is 10.2. The number of nitrogens with two attached hydrogens (primary N) is 1. The number of nitrogens with one attached hydrogen (secondary N) is 1. The van der Waals surface area contributed by atoms with Crippen molar-refractivity contribution >= 4 is 29.1 Å². The Morgan fingerprint density at radius 3 is 2.62 bits per heavy atom. The molecule has 1 aliphatic carbocycles. The zero-order valence-corrected chi connectivity index (χ0v) is 18.7. The number of halogens is 1. The van der Waals surface area contributed by atoms with Gasteiger partial charge in [-0.3, -0.25) is 0 Å². The Kier molecular flexibility index (Phi) is 7.63. The predicted octanol–water partition coefficient (Wildman–Crippen LogP) is 5.91. The van der Waals surface area contributed by atoms with Crippen molar-refractivity contribution in [1.82, 2.24) is 0 Å². The summed E-state index contributed by atoms with van der Waals surface area (Å²) in [7, 11) is 3.86. The van der Waals surface area contributed by atoms with Gasteiger partial charge in [0.15, 0.2) is 0 Å². The second-order valence-electron chi connectivity index (χ2n) is 7.95. The number of quaternary nitrogens is 1. The van der Waals surface area contributed by atoms with Gasteiger partial charge in [0.2, 0.25) is 0 Å². The van der Waals surface area contributed by atoms with Gasteiger partial charge >= 0.3 is 0 Å². The van der Waals surface area contributed by atoms with Gasteiger partial charge in [-0.25, -0.2) is 0 Å². The van der Waals surface area contributed by atoms with Crippen LogP contribution in [0.2, 0.25) is 5.02 Å². The summed E-state index contributed by atoms with van der Waals surface area (Å²) in [5.74, 6) is 0.905. The summed E-state index contributed by atoms with van der Waals surface area (Å²) in [5, 5.41) is 6.39. The molecule has 0 amide bonds. The Labute approximate surface area is 180 Å². The van der Waals surface area contributed by atoms with Crippen LogP contribution in [0, 0.1) is 0 Å². The summed E-state index contributed by atoms with van der Waals surface area (Å²) in [4.78, 5) is 0. The topological polar surface area (TPSA) is 37.9 Å². The van der Waals surface area contributed by atoms with Crippen LogP contribution in [0.25, 0.3) is 6.08 Å². The van der Waals surface area contributed by atoms with E-state index in [9.17, 15) is 0 Å². The molecule has 3 nitrogen and oxygen atoms in total. The number of methoxy groups -OCH3 is 1. The third-order valence-electron chi connectivity index (χ3n) is 6.13. The highest BCUT2D eigenvalue weighted by Crippen LogP contribution is 2.45. The maximum atomic E-state index is 6.41. The minimum Gasteiger partial charge on any atom is -0.496 e. The molecule has 3 N–H and O–H groups in total. The van der Waals surface area contributed by atoms with Crippen molar-refractivity contribution in [2.24, 2.45) is 0 Å². The van der Waals surface area contributed by atoms with E-state index in [0.717, 1.165) is 35.0 Å². The molecule has 2 aromatic rings. The number of anilines is 1. The van der Waals surface area contributed by atoms with E-state index >= 15 is 0 Å². The van der Waals surface area contributed by atoms with E-state index in [0.29, 0.717) is 0 Å². The van der Waals surface area contributed by atoms with Crippen molar-refractivity contribution in [2.75, 3.05) is 26.0 Å². The molecule has 0 atom stereocenters. The molecule has 1 fully saturated rings. The third-order valence-corrected chi connectivity index (χ3v) is 6.36. The Morgan fingerprint density at radius 2 is 1.93 bits per heavy atom. The minimum absolute atomic E-state index is 0.165. The zero-order chi connectivity index (χ0) is 20.7. The van der Waals surface area contributed by atoms with Gasteiger partial charge in [-0.15, -0.1) is 0 Å². The van der Waals surface area contributed by atoms with E-state index in [1.54, 1.807) is 7.11 Å². The molecule has 2 aromatic carbocycles. The molecule has 0 heterocycles. The standard InChI is InChI=1S/C25H33ClN2O/c1-4-28-21-12-10-19(24(18-21)29-3)9-8-16-25(14-6-5-7-15-25)22-17-20(26)11-13-23(22)27-2/h8-13,17-18,27-28H,4-7,14-16H2,1-3H3/p+1/b9-8+. The van der Waals surface area contributed by atoms with Crippen molar-refractivity contribution in [3.8, 4) is 5.75 Å². The zero-order valence-electron chi connectivity index (χ0n) is 17.9. The van der Waals surface area contributed by atoms with Crippen LogP contribution in [-0.4, -0.2) is 20.7 Å². The Hall–Kier alpha value is -1.97. The predicted molar refractivity (Wildman–Crippen MR) is 125 cm³/mol. The summed E-state index contributed by atoms with van der Waals surface area (Å²) in [6.07, 6.45) is 11.9. The van der Waals surface area contributed by atoms with Gasteiger partial charge in [-0.05, 0) is 50.5 Å². The Balaban J connectivity index is 1.88. The van der Waals surface area contributed by atoms with Gasteiger partial charge < -0.3 is 15.4 Å². The monoisotopic (exact) mass is 413 g/mol. The number of hydrogen-bond donors (Lipinski definition) is 2. The molecular weight excluding hydrogens is 380 g/mol. The molecule has 1 saturated carbocycles. The van der Waals surface area contributed by atoms with Crippen LogP contribution in [0.15, 0.2) is 42.5 Å². The quantitative estimate of drug-likeness (QED) is 0.528. The van der Waals surface area contributed by atoms with E-state index < -0.39 is 0 Å². The Morgan fingerprint density at radius 1 is 1.14 bits per heavy atom. The highest BCUT2D eigenvalue weighted by Gasteiger charge is 2.36. The van der Waals surface area contributed by atoms with Gasteiger partial charge in [-0.1, -0.05) is 43.0 Å². The normalized spacial score (nSPS) is 16.1. The lowest BCUT2D eigenvalue weighted by molar-refractivity contribution is -0.540. The van der Waals surface area contributed by atoms with Gasteiger partial charge in [0.1, 0.15) is 11.4 Å². The molecule has 0 aliphatic heterocycles. The lowest BCUT2D eigenvalue weighted by Gasteiger charge is -2.37. The molecule has 0 saturated heterocycles. The molecule has 0 aromatic heterocycles. The van der Waals surface area contributed by atoms with Crippen LogP contribution >= 0.6 is 11.6 Å². The fourth-order valence-corrected chi connectivity index (χ4v) is 4.80. The van der Waals surface area contributed by atoms with Crippen LogP contribution in [0.1, 0.15) is 56.6 Å². The molecule has 0 radical (unpaired) electrons. The number of benzene rings is 2. The molecule has 156 valence electrons. The van der Waals surface area contributed by atoms with E-state index in [2.05, 4.69) is 67.1 Å². The van der Waals surface area contributed by atoms with Gasteiger partial charge in [0, 0.05) is 45.9 Å². The fraction of sp³-hybridized carbons (Fsp3) is 0.440. The van der Waals surface area contributed by atoms with E-state index in [1.807, 2.05) is 6.07 Å². The van der Waals surface area contributed by atoms with Gasteiger partial charge in [-0.2, -0.15) is 0 Å². The molecule has 4 heteroatoms. The summed E-state index contributed by atoms with van der Waals surface area (Å²) >= 11 is 6.41. The summed E-state index contributed by atoms with van der Waals surface area (Å²) in [5.41, 5.74) is 5.10. The average Bonchev–Trinajstić information content (AvgIpc) is 2.75. The van der Waals surface area contributed by atoms with Crippen molar-refractivity contribution in [2.45, 2.75) is 50.9 Å². The first-order valence-corrected chi connectivity index (χ1v) is 11.2. The van der Waals surface area contributed by atoms with Crippen molar-refractivity contribution in [3.05, 3.63) is 58.6 Å². The third kappa shape index (κ3) is 5.15. The van der Waals surface area contributed by atoms with Crippen LogP contribution < -0.4 is 15.4 Å². The first-order valence-electron chi connectivity index (χ1n) is 10.8. The number of rotatable bonds is 8. The molecule has 3 rings (SSSR count). The lowest BCUT2D eigenvalue weighted by Crippen LogP contribution is -2.73. The number of ether oxygens (including phenoxy) is 1. The SMILES string of the molecule is CCNc1ccc(/C=C/CC2(c3cc(Cl)ccc3[NH2+]C)CCCCC2)c(OC)c1. The largest absolute Gasteiger partial charge is 0.496 e. The van der Waals surface area contributed by atoms with Crippen molar-refractivity contribution in [1.29, 1.82) is 0 Å². The summed E-state index contributed by atoms with van der Waals surface area (Å²) < 4.78 is 5.62. The maximum Gasteiger partial charge on any atom is 0.133 e. The first-order chi connectivity index (χ1) is 14.1. The molecule has 0 bridgehead atoms. The second-order valence-corrected chi connectivity index (χ2v) is 8.39. The van der Waals surface area contributed by atoms with Gasteiger partial charge in [0.25, 0.3) is 0 Å². The molecule has 0 unspecified atom stereocenters. The molecule has 29 heavy (non-hydrogen) atoms. The summed E-state index contributed by atoms with van der Waals surface area (Å²) in [6.45, 7) is 3.00. The summed E-state index contributed by atoms with van der Waals surface area (Å²) in [6, 6.07) is 12.7. The van der Waals surface area contributed by atoms with Crippen molar-refractivity contribution in [3.63, 3.8) is 0 Å². The molecule has 0 spiro atoms. The van der Waals surface area contributed by atoms with E-state index in [4.69, 9.17) is 16.3 Å². The fourth-order valence-electron chi connectivity index (χ4n) is 4.63. The van der Waals surface area contributed by atoms with Gasteiger partial charge in [0.05, 0.1) is 14.2 Å². The first kappa shape index (κ1) is 21.7. The highest BCUT2D eigenvalue weighted by molar-refractivity contribution is 6.30. The number of hydrogen-bond acceptors (Lipinski definition) is 2. The molecule has 1 aliphatic rings. The molecular formula is C25H34ClN2O+. The minimum atomic E-state index is 0.165. The van der Waals surface area contributed by atoms with Crippen LogP contribution in [0.3, 0.4) is 0 Å².